The van der Waals surface area contributed by atoms with Gasteiger partial charge in [0.25, 0.3) is 11.8 Å². The minimum atomic E-state index is -0.248. The second kappa shape index (κ2) is 8.08. The van der Waals surface area contributed by atoms with E-state index in [0.29, 0.717) is 34.7 Å². The Balaban J connectivity index is 1.22. The third-order valence-electron chi connectivity index (χ3n) is 7.71. The highest BCUT2D eigenvalue weighted by atomic mass is 79.9. The van der Waals surface area contributed by atoms with E-state index in [1.807, 2.05) is 49.4 Å². The Morgan fingerprint density at radius 1 is 1.06 bits per heavy atom. The first-order valence-electron chi connectivity index (χ1n) is 11.8. The molecule has 6 rings (SSSR count). The number of benzene rings is 2. The van der Waals surface area contributed by atoms with E-state index in [9.17, 15) is 9.59 Å². The Kier molecular flexibility index (Phi) is 5.13. The zero-order valence-corrected chi connectivity index (χ0v) is 20.4. The number of allylic oxidation sites excluding steroid dienone is 2. The van der Waals surface area contributed by atoms with E-state index < -0.39 is 0 Å². The van der Waals surface area contributed by atoms with Crippen molar-refractivity contribution >= 4 is 34.0 Å². The molecular formula is C27H25BrN2O4. The van der Waals surface area contributed by atoms with E-state index >= 15 is 0 Å². The third kappa shape index (κ3) is 3.24. The van der Waals surface area contributed by atoms with Gasteiger partial charge in [-0.3, -0.25) is 9.59 Å². The number of hydrogen-bond donors (Lipinski definition) is 0. The molecule has 1 heterocycles. The molecule has 2 saturated carbocycles. The highest BCUT2D eigenvalue weighted by Gasteiger charge is 2.73. The maximum absolute atomic E-state index is 13.1. The lowest BCUT2D eigenvalue weighted by Gasteiger charge is -2.18. The molecule has 1 saturated heterocycles. The maximum Gasteiger partial charge on any atom is 0.254 e. The van der Waals surface area contributed by atoms with Crippen LogP contribution in [0, 0.1) is 29.1 Å². The van der Waals surface area contributed by atoms with Gasteiger partial charge >= 0.3 is 0 Å². The number of hydrogen-bond acceptors (Lipinski definition) is 5. The third-order valence-corrected chi connectivity index (χ3v) is 8.30. The molecule has 6 nitrogen and oxygen atoms in total. The molecule has 2 amide bonds. The van der Waals surface area contributed by atoms with Crippen LogP contribution in [0.5, 0.6) is 11.5 Å². The van der Waals surface area contributed by atoms with Gasteiger partial charge in [0, 0.05) is 0 Å². The number of fused-ring (bicyclic) bond motifs is 3. The molecule has 2 aromatic carbocycles. The second-order valence-electron chi connectivity index (χ2n) is 9.49. The number of nitrogens with zero attached hydrogens (tertiary/aromatic N) is 2. The Morgan fingerprint density at radius 3 is 2.35 bits per heavy atom. The highest BCUT2D eigenvalue weighted by Crippen LogP contribution is 2.73. The van der Waals surface area contributed by atoms with Gasteiger partial charge in [-0.05, 0) is 76.2 Å². The van der Waals surface area contributed by atoms with Crippen LogP contribution in [0.2, 0.25) is 0 Å². The van der Waals surface area contributed by atoms with Crippen molar-refractivity contribution in [2.24, 2.45) is 34.2 Å². The molecule has 4 aliphatic rings. The predicted octanol–water partition coefficient (Wildman–Crippen LogP) is 4.96. The maximum atomic E-state index is 13.1. The van der Waals surface area contributed by atoms with Crippen molar-refractivity contribution in [1.82, 2.24) is 5.01 Å². The van der Waals surface area contributed by atoms with Gasteiger partial charge < -0.3 is 9.47 Å². The van der Waals surface area contributed by atoms with Crippen molar-refractivity contribution in [2.75, 3.05) is 6.61 Å². The number of carbonyl (C=O) groups is 2. The molecule has 0 aromatic heterocycles. The molecule has 3 aliphatic carbocycles. The summed E-state index contributed by atoms with van der Waals surface area (Å²) < 4.78 is 12.6. The van der Waals surface area contributed by atoms with Gasteiger partial charge in [0.1, 0.15) is 6.61 Å². The van der Waals surface area contributed by atoms with Crippen LogP contribution in [0.4, 0.5) is 0 Å². The first-order chi connectivity index (χ1) is 16.5. The average molecular weight is 521 g/mol. The van der Waals surface area contributed by atoms with Crippen LogP contribution in [-0.2, 0) is 16.2 Å². The van der Waals surface area contributed by atoms with E-state index in [4.69, 9.17) is 9.47 Å². The standard InChI is InChI=1S/C27H25BrN2O4/c1-2-33-21-13-17(12-20(28)24(21)34-15-16-6-4-3-5-7-16)14-29-30-25(31)22-18-8-9-19(23(22)26(30)32)27(18)10-11-27/h3-9,12-14,18-19,22-23H,2,10-11,15H2,1H3/b29-14-/t18-,19-,22+,23+/m1/s1. The van der Waals surface area contributed by atoms with Crippen molar-refractivity contribution in [1.29, 1.82) is 0 Å². The normalized spacial score (nSPS) is 27.8. The number of rotatable bonds is 7. The molecule has 0 unspecified atom stereocenters. The molecule has 0 radical (unpaired) electrons. The van der Waals surface area contributed by atoms with E-state index in [1.165, 1.54) is 0 Å². The van der Waals surface area contributed by atoms with Crippen LogP contribution in [0.1, 0.15) is 30.9 Å². The van der Waals surface area contributed by atoms with Gasteiger partial charge in [-0.2, -0.15) is 10.1 Å². The zero-order valence-electron chi connectivity index (χ0n) is 18.8. The summed E-state index contributed by atoms with van der Waals surface area (Å²) in [5.41, 5.74) is 1.94. The van der Waals surface area contributed by atoms with Gasteiger partial charge in [0.05, 0.1) is 29.1 Å². The summed E-state index contributed by atoms with van der Waals surface area (Å²) in [5, 5.41) is 5.42. The summed E-state index contributed by atoms with van der Waals surface area (Å²) in [6, 6.07) is 13.6. The summed E-state index contributed by atoms with van der Waals surface area (Å²) in [6.07, 6.45) is 8.12. The summed E-state index contributed by atoms with van der Waals surface area (Å²) >= 11 is 3.58. The Labute approximate surface area is 206 Å². The lowest BCUT2D eigenvalue weighted by Crippen LogP contribution is -2.30. The SMILES string of the molecule is CCOc1cc(/C=N\N2C(=O)[C@@H]3[C@@H](C2=O)[C@H]2C=C[C@H]3C23CC3)cc(Br)c1OCc1ccccc1. The Hall–Kier alpha value is -2.93. The molecule has 7 heteroatoms. The predicted molar refractivity (Wildman–Crippen MR) is 130 cm³/mol. The first kappa shape index (κ1) is 21.6. The molecule has 1 spiro atoms. The molecule has 174 valence electrons. The van der Waals surface area contributed by atoms with E-state index in [-0.39, 0.29) is 40.9 Å². The van der Waals surface area contributed by atoms with Crippen LogP contribution >= 0.6 is 15.9 Å². The van der Waals surface area contributed by atoms with Gasteiger partial charge in [-0.25, -0.2) is 0 Å². The van der Waals surface area contributed by atoms with Gasteiger partial charge in [0.2, 0.25) is 0 Å². The summed E-state index contributed by atoms with van der Waals surface area (Å²) in [6.45, 7) is 2.79. The molecule has 3 fully saturated rings. The van der Waals surface area contributed by atoms with Crippen molar-refractivity contribution in [3.8, 4) is 11.5 Å². The lowest BCUT2D eigenvalue weighted by molar-refractivity contribution is -0.141. The number of halogens is 1. The average Bonchev–Trinajstić information content (AvgIpc) is 3.43. The molecular weight excluding hydrogens is 496 g/mol. The fourth-order valence-electron chi connectivity index (χ4n) is 6.10. The number of amides is 2. The molecule has 4 atom stereocenters. The first-order valence-corrected chi connectivity index (χ1v) is 12.6. The van der Waals surface area contributed by atoms with Crippen molar-refractivity contribution in [3.05, 3.63) is 70.2 Å². The van der Waals surface area contributed by atoms with Crippen LogP contribution in [0.25, 0.3) is 0 Å². The van der Waals surface area contributed by atoms with Crippen LogP contribution in [0.15, 0.2) is 64.2 Å². The number of imide groups is 1. The molecule has 2 bridgehead atoms. The highest BCUT2D eigenvalue weighted by molar-refractivity contribution is 9.10. The molecule has 0 N–H and O–H groups in total. The van der Waals surface area contributed by atoms with Crippen molar-refractivity contribution in [2.45, 2.75) is 26.4 Å². The summed E-state index contributed by atoms with van der Waals surface area (Å²) in [4.78, 5) is 26.3. The van der Waals surface area contributed by atoms with E-state index in [0.717, 1.165) is 23.4 Å². The smallest absolute Gasteiger partial charge is 0.254 e. The van der Waals surface area contributed by atoms with E-state index in [2.05, 4.69) is 33.2 Å². The summed E-state index contributed by atoms with van der Waals surface area (Å²) in [5.74, 6) is 0.731. The molecule has 2 aromatic rings. The van der Waals surface area contributed by atoms with Crippen molar-refractivity contribution in [3.63, 3.8) is 0 Å². The van der Waals surface area contributed by atoms with Gasteiger partial charge in [0.15, 0.2) is 11.5 Å². The fourth-order valence-corrected chi connectivity index (χ4v) is 6.67. The van der Waals surface area contributed by atoms with Gasteiger partial charge in [-0.1, -0.05) is 42.5 Å². The summed E-state index contributed by atoms with van der Waals surface area (Å²) in [7, 11) is 0. The van der Waals surface area contributed by atoms with Crippen LogP contribution in [-0.4, -0.2) is 29.6 Å². The largest absolute Gasteiger partial charge is 0.490 e. The minimum absolute atomic E-state index is 0.165. The van der Waals surface area contributed by atoms with Crippen LogP contribution < -0.4 is 9.47 Å². The van der Waals surface area contributed by atoms with E-state index in [1.54, 1.807) is 6.21 Å². The lowest BCUT2D eigenvalue weighted by atomic mass is 9.85. The minimum Gasteiger partial charge on any atom is -0.490 e. The van der Waals surface area contributed by atoms with Crippen molar-refractivity contribution < 1.29 is 19.1 Å². The number of carbonyl (C=O) groups excluding carboxylic acids is 2. The quantitative estimate of drug-likeness (QED) is 0.294. The number of hydrazone groups is 1. The topological polar surface area (TPSA) is 68.2 Å². The van der Waals surface area contributed by atoms with Crippen LogP contribution in [0.3, 0.4) is 0 Å². The zero-order chi connectivity index (χ0) is 23.4. The Morgan fingerprint density at radius 2 is 1.74 bits per heavy atom. The molecule has 34 heavy (non-hydrogen) atoms. The Bertz CT molecular complexity index is 1190. The molecule has 1 aliphatic heterocycles. The van der Waals surface area contributed by atoms with Gasteiger partial charge in [-0.15, -0.1) is 0 Å². The number of ether oxygens (including phenoxy) is 2. The monoisotopic (exact) mass is 520 g/mol. The fraction of sp³-hybridized carbons (Fsp3) is 0.370. The second-order valence-corrected chi connectivity index (χ2v) is 10.3.